The molecule has 0 aromatic heterocycles. The van der Waals surface area contributed by atoms with Gasteiger partial charge in [0.2, 0.25) is 5.91 Å². The van der Waals surface area contributed by atoms with Crippen LogP contribution < -0.4 is 21.3 Å². The summed E-state index contributed by atoms with van der Waals surface area (Å²) in [5.41, 5.74) is -2.39. The molecular formula is C31H52N4O8Si. The van der Waals surface area contributed by atoms with Crippen molar-refractivity contribution in [3.63, 3.8) is 0 Å². The first-order chi connectivity index (χ1) is 20.0. The molecule has 12 nitrogen and oxygen atoms in total. The third kappa shape index (κ3) is 12.3. The van der Waals surface area contributed by atoms with Crippen LogP contribution in [0.3, 0.4) is 0 Å². The number of alkyl carbamates (subject to hydrolysis) is 3. The van der Waals surface area contributed by atoms with Gasteiger partial charge in [0.1, 0.15) is 23.5 Å². The Morgan fingerprint density at radius 1 is 0.909 bits per heavy atom. The van der Waals surface area contributed by atoms with E-state index in [9.17, 15) is 19.2 Å². The lowest BCUT2D eigenvalue weighted by atomic mass is 9.88. The van der Waals surface area contributed by atoms with Crippen LogP contribution in [-0.4, -0.2) is 68.1 Å². The third-order valence-corrected chi connectivity index (χ3v) is 11.7. The van der Waals surface area contributed by atoms with E-state index in [1.165, 1.54) is 0 Å². The molecule has 44 heavy (non-hydrogen) atoms. The highest BCUT2D eigenvalue weighted by atomic mass is 28.4. The Hall–Kier alpha value is -3.32. The van der Waals surface area contributed by atoms with Gasteiger partial charge in [-0.15, -0.1) is 0 Å². The Labute approximate surface area is 262 Å². The van der Waals surface area contributed by atoms with Crippen LogP contribution in [0, 0.1) is 0 Å². The first-order valence-electron chi connectivity index (χ1n) is 14.9. The maximum Gasteiger partial charge on any atom is 0.409 e. The van der Waals surface area contributed by atoms with E-state index in [0.717, 1.165) is 5.56 Å². The van der Waals surface area contributed by atoms with E-state index >= 15 is 0 Å². The summed E-state index contributed by atoms with van der Waals surface area (Å²) in [6, 6.07) is 8.56. The van der Waals surface area contributed by atoms with E-state index in [0.29, 0.717) is 0 Å². The summed E-state index contributed by atoms with van der Waals surface area (Å²) < 4.78 is 23.1. The average Bonchev–Trinajstić information content (AvgIpc) is 2.82. The van der Waals surface area contributed by atoms with Crippen LogP contribution in [0.1, 0.15) is 80.7 Å². The average molecular weight is 637 g/mol. The molecule has 0 bridgehead atoms. The molecular weight excluding hydrogens is 584 g/mol. The minimum atomic E-state index is -2.46. The smallest absolute Gasteiger partial charge is 0.409 e. The standard InChI is InChI=1S/C31H52N4O8Si/c1-28(2,3)41-26(38)34-31(35-27(39)42-29(4,5)6)17-22(33-24(36)18-31)23(43-44(10,11)30(7,8)9)19-32-25(37)40-20-21-15-13-12-14-16-21/h12-16,22-23H,17-20H2,1-11H3,(H,32,37)(H,33,36)(H,34,38)(H,35,39)/t22-,23?/m0/s1. The molecule has 2 atom stereocenters. The molecule has 1 aromatic carbocycles. The zero-order valence-corrected chi connectivity index (χ0v) is 29.1. The van der Waals surface area contributed by atoms with Crippen molar-refractivity contribution in [3.05, 3.63) is 35.9 Å². The predicted octanol–water partition coefficient (Wildman–Crippen LogP) is 5.33. The zero-order chi connectivity index (χ0) is 33.6. The van der Waals surface area contributed by atoms with Gasteiger partial charge < -0.3 is 29.3 Å². The van der Waals surface area contributed by atoms with Gasteiger partial charge in [0.25, 0.3) is 0 Å². The van der Waals surface area contributed by atoms with E-state index in [2.05, 4.69) is 55.1 Å². The van der Waals surface area contributed by atoms with Crippen LogP contribution in [0.15, 0.2) is 30.3 Å². The molecule has 2 rings (SSSR count). The number of hydrogen-bond donors (Lipinski definition) is 4. The van der Waals surface area contributed by atoms with Crippen LogP contribution in [0.4, 0.5) is 14.4 Å². The summed E-state index contributed by atoms with van der Waals surface area (Å²) in [4.78, 5) is 51.9. The van der Waals surface area contributed by atoms with Gasteiger partial charge in [0, 0.05) is 13.0 Å². The maximum absolute atomic E-state index is 13.2. The maximum atomic E-state index is 13.2. The molecule has 1 aliphatic heterocycles. The first kappa shape index (κ1) is 36.9. The van der Waals surface area contributed by atoms with Crippen molar-refractivity contribution in [2.75, 3.05) is 6.54 Å². The van der Waals surface area contributed by atoms with Crippen LogP contribution >= 0.6 is 0 Å². The molecule has 1 fully saturated rings. The van der Waals surface area contributed by atoms with Gasteiger partial charge >= 0.3 is 18.3 Å². The van der Waals surface area contributed by atoms with Gasteiger partial charge in [-0.25, -0.2) is 14.4 Å². The highest BCUT2D eigenvalue weighted by Gasteiger charge is 2.48. The molecule has 1 aromatic rings. The van der Waals surface area contributed by atoms with Crippen molar-refractivity contribution in [3.8, 4) is 0 Å². The second-order valence-corrected chi connectivity index (χ2v) is 19.5. The van der Waals surface area contributed by atoms with Gasteiger partial charge in [-0.05, 0) is 65.2 Å². The number of hydrogen-bond acceptors (Lipinski definition) is 8. The molecule has 4 amide bonds. The summed E-state index contributed by atoms with van der Waals surface area (Å²) in [5, 5.41) is 11.0. The zero-order valence-electron chi connectivity index (χ0n) is 28.1. The van der Waals surface area contributed by atoms with E-state index in [1.807, 2.05) is 30.3 Å². The molecule has 1 heterocycles. The fourth-order valence-corrected chi connectivity index (χ4v) is 5.61. The number of carbonyl (C=O) groups excluding carboxylic acids is 4. The van der Waals surface area contributed by atoms with Crippen molar-refractivity contribution in [2.45, 2.75) is 129 Å². The van der Waals surface area contributed by atoms with E-state index in [1.54, 1.807) is 41.5 Å². The summed E-state index contributed by atoms with van der Waals surface area (Å²) >= 11 is 0. The van der Waals surface area contributed by atoms with Crippen LogP contribution in [0.2, 0.25) is 18.1 Å². The third-order valence-electron chi connectivity index (χ3n) is 7.22. The Morgan fingerprint density at radius 2 is 1.43 bits per heavy atom. The van der Waals surface area contributed by atoms with Gasteiger partial charge in [-0.2, -0.15) is 0 Å². The van der Waals surface area contributed by atoms with Crippen molar-refractivity contribution in [2.24, 2.45) is 0 Å². The molecule has 0 aliphatic carbocycles. The minimum Gasteiger partial charge on any atom is -0.445 e. The summed E-state index contributed by atoms with van der Waals surface area (Å²) in [5.74, 6) is -0.441. The molecule has 1 aliphatic rings. The minimum absolute atomic E-state index is 0.0000345. The SMILES string of the molecule is CC(C)(C)OC(=O)NC1(NC(=O)OC(C)(C)C)CC(=O)N[C@H](C(CNC(=O)OCc2ccccc2)O[Si](C)(C)C(C)(C)C)C1. The van der Waals surface area contributed by atoms with Gasteiger partial charge in [-0.3, -0.25) is 15.4 Å². The van der Waals surface area contributed by atoms with E-state index < -0.39 is 61.5 Å². The summed E-state index contributed by atoms with van der Waals surface area (Å²) in [7, 11) is -2.46. The number of carbonyl (C=O) groups is 4. The normalized spacial score (nSPS) is 17.9. The molecule has 0 radical (unpaired) electrons. The second-order valence-electron chi connectivity index (χ2n) is 14.8. The molecule has 248 valence electrons. The highest BCUT2D eigenvalue weighted by Crippen LogP contribution is 2.38. The van der Waals surface area contributed by atoms with Crippen molar-refractivity contribution in [1.29, 1.82) is 0 Å². The Balaban J connectivity index is 2.37. The Bertz CT molecular complexity index is 1130. The first-order valence-corrected chi connectivity index (χ1v) is 17.8. The van der Waals surface area contributed by atoms with Crippen molar-refractivity contribution in [1.82, 2.24) is 21.3 Å². The highest BCUT2D eigenvalue weighted by molar-refractivity contribution is 6.74. The lowest BCUT2D eigenvalue weighted by Gasteiger charge is -2.46. The Morgan fingerprint density at radius 3 is 1.91 bits per heavy atom. The summed E-state index contributed by atoms with van der Waals surface area (Å²) in [6.45, 7) is 20.7. The number of ether oxygens (including phenoxy) is 3. The molecule has 1 unspecified atom stereocenters. The quantitative estimate of drug-likeness (QED) is 0.161. The fourth-order valence-electron chi connectivity index (χ4n) is 4.25. The summed E-state index contributed by atoms with van der Waals surface area (Å²) in [6.07, 6.45) is -3.26. The van der Waals surface area contributed by atoms with Gasteiger partial charge in [0.15, 0.2) is 8.32 Å². The van der Waals surface area contributed by atoms with Gasteiger partial charge in [0.05, 0.1) is 18.6 Å². The number of amides is 4. The molecule has 0 saturated carbocycles. The number of piperidine rings is 1. The van der Waals surface area contributed by atoms with E-state index in [-0.39, 0.29) is 31.0 Å². The van der Waals surface area contributed by atoms with E-state index in [4.69, 9.17) is 18.6 Å². The molecule has 0 spiro atoms. The topological polar surface area (TPSA) is 153 Å². The Kier molecular flexibility index (Phi) is 11.9. The number of nitrogens with one attached hydrogen (secondary N) is 4. The molecule has 13 heteroatoms. The number of rotatable bonds is 9. The largest absolute Gasteiger partial charge is 0.445 e. The van der Waals surface area contributed by atoms with Crippen molar-refractivity contribution >= 4 is 32.5 Å². The van der Waals surface area contributed by atoms with Crippen LogP contribution in [-0.2, 0) is 30.0 Å². The van der Waals surface area contributed by atoms with Crippen LogP contribution in [0.25, 0.3) is 0 Å². The van der Waals surface area contributed by atoms with Crippen molar-refractivity contribution < 1.29 is 37.8 Å². The lowest BCUT2D eigenvalue weighted by molar-refractivity contribution is -0.127. The molecule has 1 saturated heterocycles. The predicted molar refractivity (Wildman–Crippen MR) is 169 cm³/mol. The second kappa shape index (κ2) is 14.2. The van der Waals surface area contributed by atoms with Gasteiger partial charge in [-0.1, -0.05) is 51.1 Å². The van der Waals surface area contributed by atoms with Crippen LogP contribution in [0.5, 0.6) is 0 Å². The molecule has 4 N–H and O–H groups in total. The number of benzene rings is 1. The monoisotopic (exact) mass is 636 g/mol. The lowest BCUT2D eigenvalue weighted by Crippen LogP contribution is -2.70. The fraction of sp³-hybridized carbons (Fsp3) is 0.677.